The number of amides is 1. The van der Waals surface area contributed by atoms with Crippen LogP contribution in [0.5, 0.6) is 5.75 Å². The zero-order valence-corrected chi connectivity index (χ0v) is 19.8. The lowest BCUT2D eigenvalue weighted by Gasteiger charge is -2.10. The lowest BCUT2D eigenvalue weighted by molar-refractivity contribution is -0.395. The molecule has 1 aromatic heterocycles. The van der Waals surface area contributed by atoms with E-state index in [2.05, 4.69) is 5.32 Å². The highest BCUT2D eigenvalue weighted by Gasteiger charge is 2.27. The van der Waals surface area contributed by atoms with E-state index in [0.717, 1.165) is 23.5 Å². The van der Waals surface area contributed by atoms with Crippen molar-refractivity contribution in [2.45, 2.75) is 20.8 Å². The quantitative estimate of drug-likeness (QED) is 0.234. The molecule has 3 aromatic rings. The Balaban J connectivity index is 2.03. The summed E-state index contributed by atoms with van der Waals surface area (Å²) in [5.41, 5.74) is -0.294. The molecular formula is C23H21N3O8S. The molecule has 3 rings (SSSR count). The van der Waals surface area contributed by atoms with Gasteiger partial charge >= 0.3 is 5.97 Å². The van der Waals surface area contributed by atoms with Crippen molar-refractivity contribution in [3.8, 4) is 16.9 Å². The SMILES string of the molecule is CCOC(=O)c1c(-c2ccc(OCC)cc2)csc1NC(=O)c1cc([N+](=O)[O-])c(C)c([N+](=O)[O-])c1. The van der Waals surface area contributed by atoms with Crippen molar-refractivity contribution < 1.29 is 28.9 Å². The normalized spacial score (nSPS) is 10.5. The number of benzene rings is 2. The summed E-state index contributed by atoms with van der Waals surface area (Å²) in [6.45, 7) is 5.33. The van der Waals surface area contributed by atoms with Crippen LogP contribution < -0.4 is 10.1 Å². The van der Waals surface area contributed by atoms with Crippen molar-refractivity contribution in [2.75, 3.05) is 18.5 Å². The highest BCUT2D eigenvalue weighted by molar-refractivity contribution is 7.15. The van der Waals surface area contributed by atoms with Gasteiger partial charge in [-0.1, -0.05) is 12.1 Å². The van der Waals surface area contributed by atoms with Gasteiger partial charge in [-0.3, -0.25) is 25.0 Å². The van der Waals surface area contributed by atoms with Crippen LogP contribution in [0.2, 0.25) is 0 Å². The molecule has 0 atom stereocenters. The summed E-state index contributed by atoms with van der Waals surface area (Å²) in [5.74, 6) is -0.865. The third kappa shape index (κ3) is 5.44. The Kier molecular flexibility index (Phi) is 7.76. The molecule has 0 aliphatic heterocycles. The fourth-order valence-electron chi connectivity index (χ4n) is 3.34. The van der Waals surface area contributed by atoms with Crippen LogP contribution in [-0.2, 0) is 4.74 Å². The summed E-state index contributed by atoms with van der Waals surface area (Å²) in [6, 6.07) is 8.93. The van der Waals surface area contributed by atoms with Crippen molar-refractivity contribution >= 4 is 39.6 Å². The second-order valence-corrected chi connectivity index (χ2v) is 8.02. The topological polar surface area (TPSA) is 151 Å². The van der Waals surface area contributed by atoms with Crippen molar-refractivity contribution in [1.29, 1.82) is 0 Å². The predicted octanol–water partition coefficient (Wildman–Crippen LogP) is 5.37. The number of nitro benzene ring substituents is 2. The molecule has 0 unspecified atom stereocenters. The Morgan fingerprint density at radius 1 is 1.00 bits per heavy atom. The van der Waals surface area contributed by atoms with Crippen LogP contribution in [0.3, 0.4) is 0 Å². The van der Waals surface area contributed by atoms with Gasteiger partial charge in [0.15, 0.2) is 0 Å². The van der Waals surface area contributed by atoms with Crippen molar-refractivity contribution in [3.05, 3.63) is 78.7 Å². The first-order valence-electron chi connectivity index (χ1n) is 10.4. The van der Waals surface area contributed by atoms with E-state index in [1.807, 2.05) is 6.92 Å². The Bertz CT molecular complexity index is 1270. The minimum absolute atomic E-state index is 0.0983. The standard InChI is InChI=1S/C23H21N3O8S/c1-4-33-16-8-6-14(7-9-16)17-12-35-22(20(17)23(28)34-5-2)24-21(27)15-10-18(25(29)30)13(3)19(11-15)26(31)32/h6-12H,4-5H2,1-3H3,(H,24,27). The Hall–Kier alpha value is -4.32. The summed E-state index contributed by atoms with van der Waals surface area (Å²) < 4.78 is 10.6. The zero-order valence-electron chi connectivity index (χ0n) is 19.0. The molecule has 2 aromatic carbocycles. The van der Waals surface area contributed by atoms with Crippen LogP contribution >= 0.6 is 11.3 Å². The largest absolute Gasteiger partial charge is 0.494 e. The van der Waals surface area contributed by atoms with Crippen molar-refractivity contribution in [1.82, 2.24) is 0 Å². The minimum Gasteiger partial charge on any atom is -0.494 e. The van der Waals surface area contributed by atoms with Crippen LogP contribution in [0.1, 0.15) is 40.1 Å². The van der Waals surface area contributed by atoms with E-state index < -0.39 is 33.1 Å². The van der Waals surface area contributed by atoms with Crippen LogP contribution in [0, 0.1) is 27.2 Å². The molecule has 0 saturated heterocycles. The average molecular weight is 500 g/mol. The first kappa shape index (κ1) is 25.3. The molecule has 0 radical (unpaired) electrons. The molecule has 0 fully saturated rings. The van der Waals surface area contributed by atoms with Crippen LogP contribution in [-0.4, -0.2) is 34.9 Å². The molecule has 0 aliphatic carbocycles. The fraction of sp³-hybridized carbons (Fsp3) is 0.217. The van der Waals surface area contributed by atoms with Gasteiger partial charge in [-0.05, 0) is 38.5 Å². The van der Waals surface area contributed by atoms with E-state index >= 15 is 0 Å². The number of carbonyl (C=O) groups excluding carboxylic acids is 2. The molecular weight excluding hydrogens is 478 g/mol. The van der Waals surface area contributed by atoms with Crippen LogP contribution in [0.15, 0.2) is 41.8 Å². The number of esters is 1. The average Bonchev–Trinajstić information content (AvgIpc) is 3.23. The molecule has 182 valence electrons. The second-order valence-electron chi connectivity index (χ2n) is 7.14. The number of rotatable bonds is 9. The number of nitrogens with one attached hydrogen (secondary N) is 1. The number of nitro groups is 2. The molecule has 35 heavy (non-hydrogen) atoms. The first-order chi connectivity index (χ1) is 16.7. The smallest absolute Gasteiger partial charge is 0.341 e. The highest BCUT2D eigenvalue weighted by atomic mass is 32.1. The van der Waals surface area contributed by atoms with Crippen LogP contribution in [0.4, 0.5) is 16.4 Å². The number of nitrogens with zero attached hydrogens (tertiary/aromatic N) is 2. The molecule has 1 N–H and O–H groups in total. The van der Waals surface area contributed by atoms with Gasteiger partial charge < -0.3 is 14.8 Å². The molecule has 1 amide bonds. The minimum atomic E-state index is -0.846. The maximum atomic E-state index is 13.0. The van der Waals surface area contributed by atoms with E-state index in [-0.39, 0.29) is 28.3 Å². The van der Waals surface area contributed by atoms with Gasteiger partial charge in [0.25, 0.3) is 17.3 Å². The highest BCUT2D eigenvalue weighted by Crippen LogP contribution is 2.37. The van der Waals surface area contributed by atoms with Gasteiger partial charge in [-0.15, -0.1) is 11.3 Å². The fourth-order valence-corrected chi connectivity index (χ4v) is 4.29. The van der Waals surface area contributed by atoms with E-state index in [0.29, 0.717) is 23.5 Å². The van der Waals surface area contributed by atoms with Gasteiger partial charge in [0, 0.05) is 23.1 Å². The van der Waals surface area contributed by atoms with Crippen molar-refractivity contribution in [3.63, 3.8) is 0 Å². The van der Waals surface area contributed by atoms with Gasteiger partial charge in [0.05, 0.1) is 28.6 Å². The molecule has 0 aliphatic rings. The number of hydrogen-bond acceptors (Lipinski definition) is 9. The Labute approximate surface area is 203 Å². The third-order valence-electron chi connectivity index (χ3n) is 4.98. The molecule has 12 heteroatoms. The first-order valence-corrected chi connectivity index (χ1v) is 11.3. The molecule has 0 bridgehead atoms. The number of carbonyl (C=O) groups is 2. The molecule has 11 nitrogen and oxygen atoms in total. The number of ether oxygens (including phenoxy) is 2. The summed E-state index contributed by atoms with van der Waals surface area (Å²) in [4.78, 5) is 46.8. The summed E-state index contributed by atoms with van der Waals surface area (Å²) in [7, 11) is 0. The van der Waals surface area contributed by atoms with E-state index in [9.17, 15) is 29.8 Å². The summed E-state index contributed by atoms with van der Waals surface area (Å²) in [6.07, 6.45) is 0. The van der Waals surface area contributed by atoms with Gasteiger partial charge in [-0.2, -0.15) is 0 Å². The molecule has 0 saturated carbocycles. The lowest BCUT2D eigenvalue weighted by atomic mass is 10.0. The van der Waals surface area contributed by atoms with E-state index in [1.165, 1.54) is 6.92 Å². The Morgan fingerprint density at radius 2 is 1.60 bits per heavy atom. The predicted molar refractivity (Wildman–Crippen MR) is 129 cm³/mol. The number of thiophene rings is 1. The summed E-state index contributed by atoms with van der Waals surface area (Å²) >= 11 is 1.06. The maximum Gasteiger partial charge on any atom is 0.341 e. The van der Waals surface area contributed by atoms with Gasteiger partial charge in [0.1, 0.15) is 21.9 Å². The van der Waals surface area contributed by atoms with E-state index in [4.69, 9.17) is 9.47 Å². The summed E-state index contributed by atoms with van der Waals surface area (Å²) in [5, 5.41) is 27.1. The van der Waals surface area contributed by atoms with Crippen molar-refractivity contribution in [2.24, 2.45) is 0 Å². The maximum absolute atomic E-state index is 13.0. The molecule has 0 spiro atoms. The van der Waals surface area contributed by atoms with Gasteiger partial charge in [-0.25, -0.2) is 4.79 Å². The van der Waals surface area contributed by atoms with Gasteiger partial charge in [0.2, 0.25) is 0 Å². The molecule has 1 heterocycles. The Morgan fingerprint density at radius 3 is 2.11 bits per heavy atom. The third-order valence-corrected chi connectivity index (χ3v) is 5.88. The number of hydrogen-bond donors (Lipinski definition) is 1. The second kappa shape index (κ2) is 10.7. The lowest BCUT2D eigenvalue weighted by Crippen LogP contribution is -2.15. The zero-order chi connectivity index (χ0) is 25.7. The van der Waals surface area contributed by atoms with E-state index in [1.54, 1.807) is 36.6 Å². The van der Waals surface area contributed by atoms with Crippen LogP contribution in [0.25, 0.3) is 11.1 Å². The monoisotopic (exact) mass is 499 g/mol. The number of anilines is 1.